The summed E-state index contributed by atoms with van der Waals surface area (Å²) in [6, 6.07) is 11.5. The van der Waals surface area contributed by atoms with E-state index in [0.29, 0.717) is 13.4 Å². The molecule has 0 unspecified atom stereocenters. The zero-order valence-corrected chi connectivity index (χ0v) is 10.9. The van der Waals surface area contributed by atoms with Crippen LogP contribution >= 0.6 is 0 Å². The molecule has 0 bridgehead atoms. The monoisotopic (exact) mass is 224 g/mol. The van der Waals surface area contributed by atoms with Gasteiger partial charge in [-0.1, -0.05) is 42.9 Å². The molecular formula is C12H20O2Si. The maximum Gasteiger partial charge on any atom is 0.147 e. The summed E-state index contributed by atoms with van der Waals surface area (Å²) in [7, 11) is 0.212. The maximum atomic E-state index is 5.39. The van der Waals surface area contributed by atoms with Gasteiger partial charge in [-0.2, -0.15) is 0 Å². The fourth-order valence-electron chi connectivity index (χ4n) is 1.31. The van der Waals surface area contributed by atoms with Gasteiger partial charge in [0.2, 0.25) is 0 Å². The van der Waals surface area contributed by atoms with Gasteiger partial charge in [-0.25, -0.2) is 0 Å². The van der Waals surface area contributed by atoms with E-state index in [-0.39, 0.29) is 9.52 Å². The second-order valence-electron chi connectivity index (χ2n) is 3.57. The van der Waals surface area contributed by atoms with Crippen LogP contribution in [0.2, 0.25) is 12.6 Å². The lowest BCUT2D eigenvalue weighted by molar-refractivity contribution is -0.0611. The van der Waals surface area contributed by atoms with Gasteiger partial charge in [0.1, 0.15) is 6.79 Å². The topological polar surface area (TPSA) is 18.5 Å². The van der Waals surface area contributed by atoms with E-state index in [1.807, 2.05) is 18.2 Å². The number of hydrogen-bond donors (Lipinski definition) is 0. The molecule has 3 heteroatoms. The normalized spacial score (nSPS) is 11.3. The molecule has 0 saturated carbocycles. The summed E-state index contributed by atoms with van der Waals surface area (Å²) < 4.78 is 10.7. The Labute approximate surface area is 94.4 Å². The minimum atomic E-state index is 0.212. The minimum Gasteiger partial charge on any atom is -0.355 e. The summed E-state index contributed by atoms with van der Waals surface area (Å²) in [5, 5.41) is 0. The predicted molar refractivity (Wildman–Crippen MR) is 65.9 cm³/mol. The van der Waals surface area contributed by atoms with E-state index in [4.69, 9.17) is 9.47 Å². The highest BCUT2D eigenvalue weighted by atomic mass is 28.2. The molecule has 0 heterocycles. The van der Waals surface area contributed by atoms with E-state index in [2.05, 4.69) is 18.7 Å². The lowest BCUT2D eigenvalue weighted by Gasteiger charge is -2.05. The van der Waals surface area contributed by atoms with Crippen molar-refractivity contribution in [1.29, 1.82) is 0 Å². The lowest BCUT2D eigenvalue weighted by atomic mass is 10.2. The number of rotatable bonds is 8. The van der Waals surface area contributed by atoms with E-state index in [0.717, 1.165) is 6.61 Å². The average Bonchev–Trinajstić information content (AvgIpc) is 2.29. The van der Waals surface area contributed by atoms with Crippen LogP contribution in [0.4, 0.5) is 0 Å². The minimum absolute atomic E-state index is 0.212. The van der Waals surface area contributed by atoms with Crippen molar-refractivity contribution in [3.8, 4) is 0 Å². The second kappa shape index (κ2) is 8.65. The van der Waals surface area contributed by atoms with Crippen molar-refractivity contribution in [3.05, 3.63) is 35.9 Å². The van der Waals surface area contributed by atoms with Crippen LogP contribution in [-0.4, -0.2) is 22.9 Å². The van der Waals surface area contributed by atoms with Crippen LogP contribution in [0.1, 0.15) is 12.0 Å². The summed E-state index contributed by atoms with van der Waals surface area (Å²) in [6.07, 6.45) is 1.19. The Kier molecular flexibility index (Phi) is 7.16. The van der Waals surface area contributed by atoms with Crippen molar-refractivity contribution in [2.75, 3.05) is 13.4 Å². The molecule has 0 saturated heterocycles. The molecule has 0 aliphatic rings. The van der Waals surface area contributed by atoms with Crippen LogP contribution in [0, 0.1) is 0 Å². The highest BCUT2D eigenvalue weighted by molar-refractivity contribution is 6.33. The Morgan fingerprint density at radius 3 is 2.67 bits per heavy atom. The molecule has 2 nitrogen and oxygen atoms in total. The molecule has 0 spiro atoms. The van der Waals surface area contributed by atoms with Crippen LogP contribution in [0.15, 0.2) is 30.3 Å². The smallest absolute Gasteiger partial charge is 0.147 e. The Balaban J connectivity index is 1.93. The molecule has 15 heavy (non-hydrogen) atoms. The van der Waals surface area contributed by atoms with E-state index >= 15 is 0 Å². The molecule has 0 aromatic heterocycles. The lowest BCUT2D eigenvalue weighted by Crippen LogP contribution is -2.02. The van der Waals surface area contributed by atoms with Gasteiger partial charge in [0, 0.05) is 16.1 Å². The number of ether oxygens (including phenoxy) is 2. The number of hydrogen-bond acceptors (Lipinski definition) is 2. The zero-order valence-electron chi connectivity index (χ0n) is 9.45. The Morgan fingerprint density at radius 2 is 1.93 bits per heavy atom. The molecule has 0 fully saturated rings. The molecule has 84 valence electrons. The fourth-order valence-corrected chi connectivity index (χ4v) is 2.01. The summed E-state index contributed by atoms with van der Waals surface area (Å²) in [4.78, 5) is 0. The summed E-state index contributed by atoms with van der Waals surface area (Å²) in [6.45, 7) is 4.23. The molecule has 0 radical (unpaired) electrons. The standard InChI is InChI=1S/C12H20O2Si/c1-15-9-5-8-13-11-14-10-12-6-3-2-4-7-12/h2-4,6-7H,5,8-11,15H2,1H3. The van der Waals surface area contributed by atoms with Crippen molar-refractivity contribution < 1.29 is 9.47 Å². The third kappa shape index (κ3) is 6.44. The number of benzene rings is 1. The Hall–Kier alpha value is -0.643. The summed E-state index contributed by atoms with van der Waals surface area (Å²) >= 11 is 0. The van der Waals surface area contributed by atoms with Gasteiger partial charge in [-0.05, 0) is 12.0 Å². The third-order valence-electron chi connectivity index (χ3n) is 2.17. The van der Waals surface area contributed by atoms with Crippen molar-refractivity contribution in [1.82, 2.24) is 0 Å². The van der Waals surface area contributed by atoms with Gasteiger partial charge in [0.15, 0.2) is 0 Å². The van der Waals surface area contributed by atoms with Crippen LogP contribution in [0.3, 0.4) is 0 Å². The molecule has 1 rings (SSSR count). The van der Waals surface area contributed by atoms with Gasteiger partial charge in [0.05, 0.1) is 6.61 Å². The third-order valence-corrected chi connectivity index (χ3v) is 3.38. The van der Waals surface area contributed by atoms with Crippen molar-refractivity contribution in [3.63, 3.8) is 0 Å². The van der Waals surface area contributed by atoms with Crippen molar-refractivity contribution >= 4 is 9.52 Å². The van der Waals surface area contributed by atoms with E-state index < -0.39 is 0 Å². The highest BCUT2D eigenvalue weighted by Crippen LogP contribution is 2.00. The van der Waals surface area contributed by atoms with E-state index in [1.165, 1.54) is 18.0 Å². The summed E-state index contributed by atoms with van der Waals surface area (Å²) in [5.74, 6) is 0. The van der Waals surface area contributed by atoms with Gasteiger partial charge in [0.25, 0.3) is 0 Å². The Bertz CT molecular complexity index is 239. The molecular weight excluding hydrogens is 204 g/mol. The predicted octanol–water partition coefficient (Wildman–Crippen LogP) is 2.20. The van der Waals surface area contributed by atoms with E-state index in [1.54, 1.807) is 0 Å². The fraction of sp³-hybridized carbons (Fsp3) is 0.500. The summed E-state index contributed by atoms with van der Waals surface area (Å²) in [5.41, 5.74) is 1.20. The molecule has 0 aliphatic heterocycles. The molecule has 0 amide bonds. The SMILES string of the molecule is C[SiH2]CCCOCOCc1ccccc1. The van der Waals surface area contributed by atoms with E-state index in [9.17, 15) is 0 Å². The first-order chi connectivity index (χ1) is 7.43. The first-order valence-electron chi connectivity index (χ1n) is 5.63. The van der Waals surface area contributed by atoms with Crippen LogP contribution in [0.25, 0.3) is 0 Å². The zero-order chi connectivity index (χ0) is 10.8. The molecule has 1 aromatic carbocycles. The quantitative estimate of drug-likeness (QED) is 0.383. The van der Waals surface area contributed by atoms with Crippen molar-refractivity contribution in [2.45, 2.75) is 25.6 Å². The van der Waals surface area contributed by atoms with Crippen molar-refractivity contribution in [2.24, 2.45) is 0 Å². The van der Waals surface area contributed by atoms with Gasteiger partial charge in [-0.15, -0.1) is 0 Å². The van der Waals surface area contributed by atoms with Crippen LogP contribution in [0.5, 0.6) is 0 Å². The first-order valence-corrected chi connectivity index (χ1v) is 8.04. The molecule has 0 atom stereocenters. The van der Waals surface area contributed by atoms with Crippen LogP contribution in [-0.2, 0) is 16.1 Å². The highest BCUT2D eigenvalue weighted by Gasteiger charge is 1.91. The van der Waals surface area contributed by atoms with Gasteiger partial charge < -0.3 is 9.47 Å². The maximum absolute atomic E-state index is 5.39. The molecule has 1 aromatic rings. The molecule has 0 aliphatic carbocycles. The van der Waals surface area contributed by atoms with Gasteiger partial charge in [-0.3, -0.25) is 0 Å². The average molecular weight is 224 g/mol. The second-order valence-corrected chi connectivity index (χ2v) is 5.27. The Morgan fingerprint density at radius 1 is 1.13 bits per heavy atom. The first kappa shape index (κ1) is 12.4. The van der Waals surface area contributed by atoms with Gasteiger partial charge >= 0.3 is 0 Å². The van der Waals surface area contributed by atoms with Crippen LogP contribution < -0.4 is 0 Å². The molecule has 0 N–H and O–H groups in total. The largest absolute Gasteiger partial charge is 0.355 e.